The summed E-state index contributed by atoms with van der Waals surface area (Å²) in [5.74, 6) is -2.41. The number of carbonyl (C=O) groups excluding carboxylic acids is 2. The summed E-state index contributed by atoms with van der Waals surface area (Å²) in [6.45, 7) is 5.31. The number of nitrogens with zero attached hydrogens (tertiary/aromatic N) is 2. The second-order valence-electron chi connectivity index (χ2n) is 9.19. The number of aromatic nitrogens is 3. The van der Waals surface area contributed by atoms with Crippen LogP contribution < -0.4 is 5.69 Å². The molecule has 8 nitrogen and oxygen atoms in total. The number of hydrogen-bond acceptors (Lipinski definition) is 6. The van der Waals surface area contributed by atoms with Crippen molar-refractivity contribution in [3.8, 4) is 5.69 Å². The van der Waals surface area contributed by atoms with Gasteiger partial charge in [-0.25, -0.2) is 14.3 Å². The van der Waals surface area contributed by atoms with Gasteiger partial charge >= 0.3 is 17.6 Å². The summed E-state index contributed by atoms with van der Waals surface area (Å²) in [7, 11) is 0. The summed E-state index contributed by atoms with van der Waals surface area (Å²) < 4.78 is 12.4. The van der Waals surface area contributed by atoms with E-state index in [1.807, 2.05) is 30.3 Å². The van der Waals surface area contributed by atoms with Gasteiger partial charge in [0, 0.05) is 6.20 Å². The Morgan fingerprint density at radius 1 is 0.943 bits per heavy atom. The standard InChI is InChI=1S/C27H27N3O5/c1-27(2,3)35-25(32)21(24(31)34-17-19-8-5-4-6-9-19)16-18-11-13-20(14-12-18)30-23-22(29-26(30)33)10-7-15-28-23/h4-15,21H,16-17H2,1-3H3,(H,29,33)/t21-/m0/s1. The minimum absolute atomic E-state index is 0.0639. The molecule has 0 aliphatic heterocycles. The predicted octanol–water partition coefficient (Wildman–Crippen LogP) is 3.96. The average molecular weight is 474 g/mol. The molecule has 4 rings (SSSR count). The highest BCUT2D eigenvalue weighted by atomic mass is 16.6. The summed E-state index contributed by atoms with van der Waals surface area (Å²) in [5.41, 5.74) is 2.26. The van der Waals surface area contributed by atoms with Crippen LogP contribution in [0.5, 0.6) is 0 Å². The summed E-state index contributed by atoms with van der Waals surface area (Å²) in [4.78, 5) is 45.3. The van der Waals surface area contributed by atoms with Crippen molar-refractivity contribution in [1.82, 2.24) is 14.5 Å². The highest BCUT2D eigenvalue weighted by Gasteiger charge is 2.33. The van der Waals surface area contributed by atoms with Gasteiger partial charge in [-0.1, -0.05) is 42.5 Å². The van der Waals surface area contributed by atoms with Crippen LogP contribution in [0.2, 0.25) is 0 Å². The second kappa shape index (κ2) is 9.97. The van der Waals surface area contributed by atoms with Crippen molar-refractivity contribution >= 4 is 23.1 Å². The molecule has 180 valence electrons. The SMILES string of the molecule is CC(C)(C)OC(=O)[C@@H](Cc1ccc(-n2c(=O)[nH]c3cccnc32)cc1)C(=O)OCc1ccccc1. The van der Waals surface area contributed by atoms with Crippen LogP contribution in [0.3, 0.4) is 0 Å². The maximum Gasteiger partial charge on any atom is 0.332 e. The van der Waals surface area contributed by atoms with Crippen molar-refractivity contribution in [1.29, 1.82) is 0 Å². The zero-order valence-electron chi connectivity index (χ0n) is 19.9. The molecule has 0 aliphatic carbocycles. The van der Waals surface area contributed by atoms with Crippen LogP contribution in [-0.4, -0.2) is 32.1 Å². The van der Waals surface area contributed by atoms with Gasteiger partial charge in [0.2, 0.25) is 0 Å². The van der Waals surface area contributed by atoms with Crippen LogP contribution >= 0.6 is 0 Å². The van der Waals surface area contributed by atoms with Crippen LogP contribution in [0.1, 0.15) is 31.9 Å². The first kappa shape index (κ1) is 23.9. The number of H-pyrrole nitrogens is 1. The molecule has 0 unspecified atom stereocenters. The molecule has 1 N–H and O–H groups in total. The molecule has 4 aromatic rings. The van der Waals surface area contributed by atoms with Gasteiger partial charge in [-0.15, -0.1) is 0 Å². The third kappa shape index (κ3) is 5.84. The lowest BCUT2D eigenvalue weighted by atomic mass is 9.98. The molecule has 0 bridgehead atoms. The zero-order chi connectivity index (χ0) is 25.0. The van der Waals surface area contributed by atoms with Crippen LogP contribution in [0, 0.1) is 5.92 Å². The minimum atomic E-state index is -1.12. The van der Waals surface area contributed by atoms with Crippen molar-refractivity contribution in [3.63, 3.8) is 0 Å². The topological polar surface area (TPSA) is 103 Å². The molecule has 0 radical (unpaired) electrons. The Morgan fingerprint density at radius 2 is 1.66 bits per heavy atom. The zero-order valence-corrected chi connectivity index (χ0v) is 19.9. The molecule has 2 aromatic carbocycles. The number of aromatic amines is 1. The second-order valence-corrected chi connectivity index (χ2v) is 9.19. The lowest BCUT2D eigenvalue weighted by Crippen LogP contribution is -2.35. The van der Waals surface area contributed by atoms with Gasteiger partial charge in [0.1, 0.15) is 12.2 Å². The van der Waals surface area contributed by atoms with Gasteiger partial charge in [0.05, 0.1) is 11.2 Å². The Balaban J connectivity index is 1.55. The van der Waals surface area contributed by atoms with E-state index >= 15 is 0 Å². The Bertz CT molecular complexity index is 1380. The van der Waals surface area contributed by atoms with E-state index < -0.39 is 23.5 Å². The molecular weight excluding hydrogens is 446 g/mol. The first-order chi connectivity index (χ1) is 16.7. The van der Waals surface area contributed by atoms with Crippen molar-refractivity contribution in [2.24, 2.45) is 5.92 Å². The summed E-state index contributed by atoms with van der Waals surface area (Å²) >= 11 is 0. The molecular formula is C27H27N3O5. The van der Waals surface area contributed by atoms with Crippen LogP contribution in [0.15, 0.2) is 77.7 Å². The molecule has 2 aromatic heterocycles. The van der Waals surface area contributed by atoms with Crippen molar-refractivity contribution in [2.75, 3.05) is 0 Å². The Morgan fingerprint density at radius 3 is 2.34 bits per heavy atom. The average Bonchev–Trinajstić information content (AvgIpc) is 3.16. The van der Waals surface area contributed by atoms with Gasteiger partial charge in [-0.2, -0.15) is 0 Å². The summed E-state index contributed by atoms with van der Waals surface area (Å²) in [6.07, 6.45) is 1.72. The largest absolute Gasteiger partial charge is 0.460 e. The third-order valence-corrected chi connectivity index (χ3v) is 5.28. The highest BCUT2D eigenvalue weighted by molar-refractivity contribution is 5.95. The van der Waals surface area contributed by atoms with Gasteiger partial charge in [0.15, 0.2) is 11.6 Å². The number of ether oxygens (including phenoxy) is 2. The fourth-order valence-electron chi connectivity index (χ4n) is 3.66. The number of nitrogens with one attached hydrogen (secondary N) is 1. The van der Waals surface area contributed by atoms with E-state index in [0.29, 0.717) is 16.9 Å². The molecule has 0 saturated heterocycles. The van der Waals surface area contributed by atoms with E-state index in [-0.39, 0.29) is 18.7 Å². The summed E-state index contributed by atoms with van der Waals surface area (Å²) in [5, 5.41) is 0. The van der Waals surface area contributed by atoms with E-state index in [1.54, 1.807) is 63.4 Å². The molecule has 0 amide bonds. The van der Waals surface area contributed by atoms with Crippen LogP contribution in [0.25, 0.3) is 16.9 Å². The Kier molecular flexibility index (Phi) is 6.82. The lowest BCUT2D eigenvalue weighted by Gasteiger charge is -2.23. The molecule has 1 atom stereocenters. The van der Waals surface area contributed by atoms with Crippen molar-refractivity contribution in [3.05, 3.63) is 94.5 Å². The van der Waals surface area contributed by atoms with E-state index in [0.717, 1.165) is 11.1 Å². The molecule has 0 fully saturated rings. The smallest absolute Gasteiger partial charge is 0.332 e. The predicted molar refractivity (Wildman–Crippen MR) is 131 cm³/mol. The molecule has 8 heteroatoms. The number of carbonyl (C=O) groups is 2. The van der Waals surface area contributed by atoms with E-state index in [1.165, 1.54) is 4.57 Å². The van der Waals surface area contributed by atoms with Crippen molar-refractivity contribution < 1.29 is 19.1 Å². The van der Waals surface area contributed by atoms with Crippen LogP contribution in [-0.2, 0) is 32.1 Å². The van der Waals surface area contributed by atoms with E-state index in [9.17, 15) is 14.4 Å². The van der Waals surface area contributed by atoms with Crippen molar-refractivity contribution in [2.45, 2.75) is 39.4 Å². The number of imidazole rings is 1. The number of esters is 2. The molecule has 2 heterocycles. The molecule has 0 spiro atoms. The van der Waals surface area contributed by atoms with Gasteiger partial charge in [-0.05, 0) is 62.6 Å². The maximum absolute atomic E-state index is 12.9. The quantitative estimate of drug-likeness (QED) is 0.322. The van der Waals surface area contributed by atoms with Gasteiger partial charge in [0.25, 0.3) is 0 Å². The Labute approximate surface area is 202 Å². The number of pyridine rings is 1. The number of rotatable bonds is 7. The fourth-order valence-corrected chi connectivity index (χ4v) is 3.66. The Hall–Kier alpha value is -4.20. The van der Waals surface area contributed by atoms with E-state index in [2.05, 4.69) is 9.97 Å². The molecule has 0 saturated carbocycles. The van der Waals surface area contributed by atoms with E-state index in [4.69, 9.17) is 9.47 Å². The first-order valence-electron chi connectivity index (χ1n) is 11.3. The highest BCUT2D eigenvalue weighted by Crippen LogP contribution is 2.20. The molecule has 0 aliphatic rings. The maximum atomic E-state index is 12.9. The monoisotopic (exact) mass is 473 g/mol. The first-order valence-corrected chi connectivity index (χ1v) is 11.3. The number of fused-ring (bicyclic) bond motifs is 1. The normalized spacial score (nSPS) is 12.3. The van der Waals surface area contributed by atoms with Gasteiger partial charge in [-0.3, -0.25) is 9.59 Å². The third-order valence-electron chi connectivity index (χ3n) is 5.28. The number of hydrogen-bond donors (Lipinski definition) is 1. The summed E-state index contributed by atoms with van der Waals surface area (Å²) in [6, 6.07) is 19.8. The minimum Gasteiger partial charge on any atom is -0.460 e. The number of benzene rings is 2. The fraction of sp³-hybridized carbons (Fsp3) is 0.259. The lowest BCUT2D eigenvalue weighted by molar-refractivity contribution is -0.169. The molecule has 35 heavy (non-hydrogen) atoms. The van der Waals surface area contributed by atoms with Crippen LogP contribution in [0.4, 0.5) is 0 Å². The van der Waals surface area contributed by atoms with Gasteiger partial charge < -0.3 is 14.5 Å².